The van der Waals surface area contributed by atoms with Gasteiger partial charge in [-0.05, 0) is 13.8 Å². The molecule has 7 nitrogen and oxygen atoms in total. The Morgan fingerprint density at radius 1 is 1.33 bits per heavy atom. The Kier molecular flexibility index (Phi) is 6.64. The van der Waals surface area contributed by atoms with Crippen molar-refractivity contribution in [1.29, 1.82) is 0 Å². The van der Waals surface area contributed by atoms with Crippen LogP contribution in [0.3, 0.4) is 0 Å². The summed E-state index contributed by atoms with van der Waals surface area (Å²) in [6, 6.07) is 0. The molecule has 9 heteroatoms. The van der Waals surface area contributed by atoms with Crippen LogP contribution in [0.4, 0.5) is 0 Å². The first-order valence-electron chi connectivity index (χ1n) is 5.11. The highest BCUT2D eigenvalue weighted by atomic mass is 32.2. The molecule has 0 radical (unpaired) electrons. The van der Waals surface area contributed by atoms with E-state index in [2.05, 4.69) is 10.0 Å². The molecule has 0 fully saturated rings. The molecule has 0 unspecified atom stereocenters. The molecular weight excluding hydrogens is 280 g/mol. The lowest BCUT2D eigenvalue weighted by Gasteiger charge is -2.23. The molecule has 0 spiro atoms. The number of carbonyl (C=O) groups is 2. The van der Waals surface area contributed by atoms with E-state index in [1.54, 1.807) is 0 Å². The van der Waals surface area contributed by atoms with Gasteiger partial charge in [0.15, 0.2) is 0 Å². The van der Waals surface area contributed by atoms with Crippen molar-refractivity contribution in [3.05, 3.63) is 0 Å². The van der Waals surface area contributed by atoms with Crippen LogP contribution >= 0.6 is 11.8 Å². The zero-order valence-corrected chi connectivity index (χ0v) is 12.2. The smallest absolute Gasteiger partial charge is 0.313 e. The van der Waals surface area contributed by atoms with Gasteiger partial charge in [-0.2, -0.15) is 0 Å². The zero-order chi connectivity index (χ0) is 14.4. The van der Waals surface area contributed by atoms with Gasteiger partial charge in [-0.15, -0.1) is 11.8 Å². The van der Waals surface area contributed by atoms with Gasteiger partial charge >= 0.3 is 5.97 Å². The highest BCUT2D eigenvalue weighted by Crippen LogP contribution is 2.04. The van der Waals surface area contributed by atoms with Gasteiger partial charge in [0.2, 0.25) is 15.9 Å². The summed E-state index contributed by atoms with van der Waals surface area (Å²) in [4.78, 5) is 21.9. The van der Waals surface area contributed by atoms with Crippen molar-refractivity contribution in [2.45, 2.75) is 19.4 Å². The summed E-state index contributed by atoms with van der Waals surface area (Å²) in [6.07, 6.45) is 0.977. The minimum Gasteiger partial charge on any atom is -0.481 e. The van der Waals surface area contributed by atoms with E-state index in [1.807, 2.05) is 0 Å². The Hall–Kier alpha value is -0.800. The normalized spacial score (nSPS) is 12.2. The summed E-state index contributed by atoms with van der Waals surface area (Å²) in [5.74, 6) is -0.942. The number of rotatable bonds is 8. The number of carbonyl (C=O) groups excluding carboxylic acids is 1. The van der Waals surface area contributed by atoms with Crippen LogP contribution < -0.4 is 10.0 Å². The van der Waals surface area contributed by atoms with E-state index in [0.717, 1.165) is 6.26 Å². The van der Waals surface area contributed by atoms with Gasteiger partial charge in [0.25, 0.3) is 0 Å². The lowest BCUT2D eigenvalue weighted by Crippen LogP contribution is -2.54. The molecule has 0 atom stereocenters. The molecule has 0 rings (SSSR count). The van der Waals surface area contributed by atoms with Crippen molar-refractivity contribution in [3.8, 4) is 0 Å². The average Bonchev–Trinajstić information content (AvgIpc) is 2.12. The van der Waals surface area contributed by atoms with E-state index in [1.165, 1.54) is 25.6 Å². The van der Waals surface area contributed by atoms with Gasteiger partial charge in [-0.25, -0.2) is 13.1 Å². The number of hydrogen-bond donors (Lipinski definition) is 3. The largest absolute Gasteiger partial charge is 0.481 e. The van der Waals surface area contributed by atoms with Gasteiger partial charge in [-0.1, -0.05) is 0 Å². The molecule has 0 aliphatic heterocycles. The molecule has 3 N–H and O–H groups in total. The third-order valence-electron chi connectivity index (χ3n) is 1.77. The van der Waals surface area contributed by atoms with Crippen molar-refractivity contribution in [2.24, 2.45) is 0 Å². The lowest BCUT2D eigenvalue weighted by molar-refractivity contribution is -0.133. The summed E-state index contributed by atoms with van der Waals surface area (Å²) >= 11 is 1.17. The fourth-order valence-electron chi connectivity index (χ4n) is 1.13. The highest BCUT2D eigenvalue weighted by Gasteiger charge is 2.30. The van der Waals surface area contributed by atoms with Crippen molar-refractivity contribution >= 4 is 33.7 Å². The van der Waals surface area contributed by atoms with Crippen LogP contribution in [0.25, 0.3) is 0 Å². The predicted molar refractivity (Wildman–Crippen MR) is 70.0 cm³/mol. The molecule has 0 heterocycles. The standard InChI is InChI=1S/C9H18N2O5S2/c1-9(2,11-18(3,15)16)8(14)10-4-5-17-6-7(12)13/h11H,4-6H2,1-3H3,(H,10,14)(H,12,13). The van der Waals surface area contributed by atoms with Crippen LogP contribution in [0.1, 0.15) is 13.8 Å². The quantitative estimate of drug-likeness (QED) is 0.508. The SMILES string of the molecule is CC(C)(NS(C)(=O)=O)C(=O)NCCSCC(=O)O. The third kappa shape index (κ3) is 8.31. The number of amides is 1. The average molecular weight is 298 g/mol. The van der Waals surface area contributed by atoms with Crippen molar-refractivity contribution in [2.75, 3.05) is 24.3 Å². The van der Waals surface area contributed by atoms with Gasteiger partial charge in [0.1, 0.15) is 5.54 Å². The van der Waals surface area contributed by atoms with Crippen molar-refractivity contribution < 1.29 is 23.1 Å². The third-order valence-corrected chi connectivity index (χ3v) is 3.59. The van der Waals surface area contributed by atoms with Crippen LogP contribution in [0.2, 0.25) is 0 Å². The molecule has 0 bridgehead atoms. The first kappa shape index (κ1) is 17.2. The van der Waals surface area contributed by atoms with Crippen LogP contribution in [0, 0.1) is 0 Å². The Morgan fingerprint density at radius 3 is 2.33 bits per heavy atom. The van der Waals surface area contributed by atoms with Crippen molar-refractivity contribution in [3.63, 3.8) is 0 Å². The van der Waals surface area contributed by atoms with E-state index in [0.29, 0.717) is 5.75 Å². The maximum absolute atomic E-state index is 11.7. The highest BCUT2D eigenvalue weighted by molar-refractivity contribution is 7.99. The molecule has 0 saturated heterocycles. The topological polar surface area (TPSA) is 113 Å². The van der Waals surface area contributed by atoms with Crippen LogP contribution in [-0.2, 0) is 19.6 Å². The number of aliphatic carboxylic acids is 1. The first-order valence-corrected chi connectivity index (χ1v) is 8.16. The van der Waals surface area contributed by atoms with Gasteiger partial charge in [0, 0.05) is 12.3 Å². The minimum atomic E-state index is -3.47. The second-order valence-electron chi connectivity index (χ2n) is 4.20. The molecule has 0 saturated carbocycles. The number of carboxylic acids is 1. The molecular formula is C9H18N2O5S2. The summed E-state index contributed by atoms with van der Waals surface area (Å²) in [7, 11) is -3.47. The summed E-state index contributed by atoms with van der Waals surface area (Å²) in [5, 5.41) is 10.9. The number of nitrogens with one attached hydrogen (secondary N) is 2. The van der Waals surface area contributed by atoms with E-state index in [9.17, 15) is 18.0 Å². The summed E-state index contributed by atoms with van der Waals surface area (Å²) in [6.45, 7) is 3.19. The number of sulfonamides is 1. The number of carboxylic acid groups (broad SMARTS) is 1. The van der Waals surface area contributed by atoms with E-state index in [4.69, 9.17) is 5.11 Å². The van der Waals surface area contributed by atoms with Crippen LogP contribution in [0.5, 0.6) is 0 Å². The Bertz CT molecular complexity index is 405. The summed E-state index contributed by atoms with van der Waals surface area (Å²) < 4.78 is 24.3. The summed E-state index contributed by atoms with van der Waals surface area (Å²) in [5.41, 5.74) is -1.23. The van der Waals surface area contributed by atoms with E-state index >= 15 is 0 Å². The van der Waals surface area contributed by atoms with Gasteiger partial charge < -0.3 is 10.4 Å². The fourth-order valence-corrected chi connectivity index (χ4v) is 2.71. The Balaban J connectivity index is 4.05. The molecule has 1 amide bonds. The van der Waals surface area contributed by atoms with Crippen LogP contribution in [0.15, 0.2) is 0 Å². The molecule has 18 heavy (non-hydrogen) atoms. The predicted octanol–water partition coefficient (Wildman–Crippen LogP) is -0.752. The second-order valence-corrected chi connectivity index (χ2v) is 7.06. The Morgan fingerprint density at radius 2 is 1.89 bits per heavy atom. The van der Waals surface area contributed by atoms with Crippen molar-refractivity contribution in [1.82, 2.24) is 10.0 Å². The molecule has 0 aliphatic carbocycles. The van der Waals surface area contributed by atoms with E-state index < -0.39 is 27.4 Å². The first-order chi connectivity index (χ1) is 8.04. The second kappa shape index (κ2) is 6.95. The van der Waals surface area contributed by atoms with Gasteiger partial charge in [0.05, 0.1) is 12.0 Å². The maximum atomic E-state index is 11.7. The molecule has 0 aromatic heterocycles. The zero-order valence-electron chi connectivity index (χ0n) is 10.5. The van der Waals surface area contributed by atoms with Crippen LogP contribution in [-0.4, -0.2) is 55.2 Å². The molecule has 0 aliphatic rings. The van der Waals surface area contributed by atoms with Gasteiger partial charge in [-0.3, -0.25) is 9.59 Å². The molecule has 0 aromatic carbocycles. The lowest BCUT2D eigenvalue weighted by atomic mass is 10.1. The molecule has 106 valence electrons. The molecule has 0 aromatic rings. The number of thioether (sulfide) groups is 1. The Labute approximate surface area is 111 Å². The number of hydrogen-bond acceptors (Lipinski definition) is 5. The fraction of sp³-hybridized carbons (Fsp3) is 0.778. The minimum absolute atomic E-state index is 0.0269. The maximum Gasteiger partial charge on any atom is 0.313 e. The monoisotopic (exact) mass is 298 g/mol. The van der Waals surface area contributed by atoms with E-state index in [-0.39, 0.29) is 12.3 Å².